The van der Waals surface area contributed by atoms with E-state index >= 15 is 0 Å². The first kappa shape index (κ1) is 24.7. The number of halogens is 1. The number of amides is 1. The molecule has 36 heavy (non-hydrogen) atoms. The number of anilines is 2. The molecule has 1 atom stereocenters. The lowest BCUT2D eigenvalue weighted by molar-refractivity contribution is -0.119. The van der Waals surface area contributed by atoms with Crippen LogP contribution in [-0.2, 0) is 14.8 Å². The summed E-state index contributed by atoms with van der Waals surface area (Å²) in [4.78, 5) is 33.0. The topological polar surface area (TPSA) is 136 Å². The van der Waals surface area contributed by atoms with Crippen LogP contribution in [0.1, 0.15) is 18.7 Å². The smallest absolute Gasteiger partial charge is 0.267 e. The van der Waals surface area contributed by atoms with Gasteiger partial charge in [-0.1, -0.05) is 0 Å². The van der Waals surface area contributed by atoms with Crippen molar-refractivity contribution in [2.75, 3.05) is 10.0 Å². The van der Waals surface area contributed by atoms with Gasteiger partial charge >= 0.3 is 0 Å². The Kier molecular flexibility index (Phi) is 6.88. The Hall–Kier alpha value is -4.45. The molecule has 0 saturated heterocycles. The van der Waals surface area contributed by atoms with E-state index in [0.29, 0.717) is 22.6 Å². The second-order valence-corrected chi connectivity index (χ2v) is 9.51. The number of rotatable bonds is 7. The molecule has 0 aliphatic heterocycles. The summed E-state index contributed by atoms with van der Waals surface area (Å²) >= 11 is 0. The molecule has 0 bridgehead atoms. The molecule has 4 aromatic rings. The lowest BCUT2D eigenvalue weighted by atomic mass is 10.1. The van der Waals surface area contributed by atoms with Crippen molar-refractivity contribution in [1.29, 1.82) is 0 Å². The summed E-state index contributed by atoms with van der Waals surface area (Å²) in [5, 5.41) is 6.89. The molecule has 0 saturated carbocycles. The van der Waals surface area contributed by atoms with Crippen LogP contribution < -0.4 is 15.6 Å². The molecule has 12 heteroatoms. The highest BCUT2D eigenvalue weighted by molar-refractivity contribution is 7.92. The second kappa shape index (κ2) is 10.0. The average molecular weight is 509 g/mol. The molecule has 4 rings (SSSR count). The normalized spacial score (nSPS) is 12.1. The quantitative estimate of drug-likeness (QED) is 0.391. The molecule has 0 aliphatic carbocycles. The van der Waals surface area contributed by atoms with Gasteiger partial charge in [-0.25, -0.2) is 32.2 Å². The maximum Gasteiger partial charge on any atom is 0.267 e. The molecule has 0 radical (unpaired) electrons. The monoisotopic (exact) mass is 508 g/mol. The van der Waals surface area contributed by atoms with Gasteiger partial charge in [0, 0.05) is 29.2 Å². The zero-order valence-electron chi connectivity index (χ0n) is 19.2. The van der Waals surface area contributed by atoms with Gasteiger partial charge in [0.25, 0.3) is 15.6 Å². The predicted molar refractivity (Wildman–Crippen MR) is 131 cm³/mol. The van der Waals surface area contributed by atoms with Crippen LogP contribution in [-0.4, -0.2) is 34.1 Å². The second-order valence-electron chi connectivity index (χ2n) is 7.83. The highest BCUT2D eigenvalue weighted by atomic mass is 32.2. The summed E-state index contributed by atoms with van der Waals surface area (Å²) in [6, 6.07) is 14.5. The molecule has 0 spiro atoms. The molecule has 10 nitrogen and oxygen atoms in total. The van der Waals surface area contributed by atoms with E-state index in [-0.39, 0.29) is 10.8 Å². The number of carbonyl (C=O) groups excluding carboxylic acids is 1. The average Bonchev–Trinajstić information content (AvgIpc) is 2.84. The van der Waals surface area contributed by atoms with Crippen molar-refractivity contribution in [2.24, 2.45) is 0 Å². The molecular formula is C24H21FN6O4S. The molecule has 0 fully saturated rings. The van der Waals surface area contributed by atoms with E-state index in [1.54, 1.807) is 13.0 Å². The number of benzene rings is 2. The number of carbonyl (C=O) groups is 1. The van der Waals surface area contributed by atoms with E-state index in [9.17, 15) is 22.4 Å². The van der Waals surface area contributed by atoms with E-state index in [1.165, 1.54) is 73.8 Å². The van der Waals surface area contributed by atoms with Gasteiger partial charge in [0.1, 0.15) is 11.9 Å². The Bertz CT molecular complexity index is 1570. The molecule has 2 heterocycles. The Morgan fingerprint density at radius 1 is 1.00 bits per heavy atom. The largest absolute Gasteiger partial charge is 0.324 e. The number of hydrogen-bond acceptors (Lipinski definition) is 7. The van der Waals surface area contributed by atoms with Crippen LogP contribution in [0.15, 0.2) is 82.6 Å². The highest BCUT2D eigenvalue weighted by Gasteiger charge is 2.20. The summed E-state index contributed by atoms with van der Waals surface area (Å²) in [5.74, 6) is -0.998. The van der Waals surface area contributed by atoms with Crippen LogP contribution in [0.5, 0.6) is 0 Å². The van der Waals surface area contributed by atoms with Crippen LogP contribution in [0, 0.1) is 12.7 Å². The van der Waals surface area contributed by atoms with Crippen LogP contribution in [0.2, 0.25) is 0 Å². The highest BCUT2D eigenvalue weighted by Crippen LogP contribution is 2.19. The van der Waals surface area contributed by atoms with Crippen molar-refractivity contribution < 1.29 is 17.6 Å². The van der Waals surface area contributed by atoms with Gasteiger partial charge in [-0.3, -0.25) is 9.59 Å². The molecule has 1 amide bonds. The van der Waals surface area contributed by atoms with Crippen molar-refractivity contribution in [1.82, 2.24) is 19.7 Å². The third kappa shape index (κ3) is 5.61. The van der Waals surface area contributed by atoms with E-state index in [4.69, 9.17) is 0 Å². The van der Waals surface area contributed by atoms with Crippen molar-refractivity contribution in [3.05, 3.63) is 94.8 Å². The molecule has 0 aliphatic rings. The van der Waals surface area contributed by atoms with Gasteiger partial charge in [0.05, 0.1) is 10.6 Å². The summed E-state index contributed by atoms with van der Waals surface area (Å²) in [5.41, 5.74) is 1.41. The number of nitrogens with one attached hydrogen (secondary N) is 2. The molecule has 2 aromatic heterocycles. The Morgan fingerprint density at radius 2 is 1.69 bits per heavy atom. The maximum atomic E-state index is 13.2. The lowest BCUT2D eigenvalue weighted by Gasteiger charge is -2.15. The minimum atomic E-state index is -3.94. The summed E-state index contributed by atoms with van der Waals surface area (Å²) in [6.45, 7) is 3.21. The SMILES string of the molecule is Cc1ccnc(NS(=O)(=O)c2ccc(NC(=O)C(C)n3nc(-c4ccc(F)cc4)ccc3=O)cc2)n1. The van der Waals surface area contributed by atoms with Crippen LogP contribution >= 0.6 is 0 Å². The number of nitrogens with zero attached hydrogens (tertiary/aromatic N) is 4. The minimum absolute atomic E-state index is 0.0523. The van der Waals surface area contributed by atoms with E-state index in [0.717, 1.165) is 4.68 Å². The molecule has 1 unspecified atom stereocenters. The van der Waals surface area contributed by atoms with Gasteiger partial charge in [-0.2, -0.15) is 5.10 Å². The van der Waals surface area contributed by atoms with Gasteiger partial charge in [0.15, 0.2) is 0 Å². The molecular weight excluding hydrogens is 487 g/mol. The van der Waals surface area contributed by atoms with E-state index < -0.39 is 33.3 Å². The summed E-state index contributed by atoms with van der Waals surface area (Å²) in [7, 11) is -3.94. The Morgan fingerprint density at radius 3 is 2.36 bits per heavy atom. The van der Waals surface area contributed by atoms with Crippen molar-refractivity contribution in [3.8, 4) is 11.3 Å². The van der Waals surface area contributed by atoms with Crippen molar-refractivity contribution >= 4 is 27.6 Å². The van der Waals surface area contributed by atoms with Crippen LogP contribution in [0.25, 0.3) is 11.3 Å². The van der Waals surface area contributed by atoms with Crippen molar-refractivity contribution in [3.63, 3.8) is 0 Å². The van der Waals surface area contributed by atoms with E-state index in [1.807, 2.05) is 0 Å². The third-order valence-corrected chi connectivity index (χ3v) is 6.51. The fraction of sp³-hybridized carbons (Fsp3) is 0.125. The summed E-state index contributed by atoms with van der Waals surface area (Å²) < 4.78 is 41.7. The molecule has 184 valence electrons. The Labute approximate surface area is 205 Å². The summed E-state index contributed by atoms with van der Waals surface area (Å²) in [6.07, 6.45) is 1.44. The van der Waals surface area contributed by atoms with Crippen LogP contribution in [0.4, 0.5) is 16.0 Å². The fourth-order valence-electron chi connectivity index (χ4n) is 3.23. The fourth-order valence-corrected chi connectivity index (χ4v) is 4.18. The number of hydrogen-bond donors (Lipinski definition) is 2. The molecule has 2 aromatic carbocycles. The zero-order valence-corrected chi connectivity index (χ0v) is 20.0. The van der Waals surface area contributed by atoms with Gasteiger partial charge < -0.3 is 5.32 Å². The van der Waals surface area contributed by atoms with Gasteiger partial charge in [0.2, 0.25) is 11.9 Å². The predicted octanol–water partition coefficient (Wildman–Crippen LogP) is 3.15. The zero-order chi connectivity index (χ0) is 25.9. The minimum Gasteiger partial charge on any atom is -0.324 e. The number of aryl methyl sites for hydroxylation is 1. The Balaban J connectivity index is 1.48. The third-order valence-electron chi connectivity index (χ3n) is 5.16. The standard InChI is InChI=1S/C24H21FN6O4S/c1-15-13-14-26-24(27-15)30-36(34,35)20-9-7-19(8-10-20)28-23(33)16(2)31-22(32)12-11-21(29-31)17-3-5-18(25)6-4-17/h3-14,16H,1-2H3,(H,28,33)(H,26,27,30). The first-order valence-corrected chi connectivity index (χ1v) is 12.2. The lowest BCUT2D eigenvalue weighted by Crippen LogP contribution is -2.33. The first-order valence-electron chi connectivity index (χ1n) is 10.7. The number of sulfonamides is 1. The first-order chi connectivity index (χ1) is 17.1. The van der Waals surface area contributed by atoms with E-state index in [2.05, 4.69) is 25.1 Å². The molecule has 2 N–H and O–H groups in total. The van der Waals surface area contributed by atoms with Crippen LogP contribution in [0.3, 0.4) is 0 Å². The maximum absolute atomic E-state index is 13.2. The van der Waals surface area contributed by atoms with Crippen molar-refractivity contribution in [2.45, 2.75) is 24.8 Å². The van der Waals surface area contributed by atoms with Gasteiger partial charge in [-0.05, 0) is 74.5 Å². The van der Waals surface area contributed by atoms with Gasteiger partial charge in [-0.15, -0.1) is 0 Å². The number of aromatic nitrogens is 4.